The minimum Gasteiger partial charge on any atom is -0.485 e. The molecular formula is C63H63NO3S3. The van der Waals surface area contributed by atoms with Crippen LogP contribution in [0.4, 0.5) is 17.1 Å². The molecule has 1 aliphatic heterocycles. The van der Waals surface area contributed by atoms with Gasteiger partial charge in [0.1, 0.15) is 18.1 Å². The highest BCUT2D eigenvalue weighted by Gasteiger charge is 2.38. The fourth-order valence-corrected chi connectivity index (χ4v) is 15.1. The molecule has 70 heavy (non-hydrogen) atoms. The summed E-state index contributed by atoms with van der Waals surface area (Å²) in [6, 6.07) is 46.5. The molecule has 0 saturated heterocycles. The van der Waals surface area contributed by atoms with Crippen molar-refractivity contribution in [3.63, 3.8) is 0 Å². The van der Waals surface area contributed by atoms with Gasteiger partial charge in [-0.2, -0.15) is 0 Å². The maximum Gasteiger partial charge on any atom is 0.183 e. The number of hydrogen-bond donors (Lipinski definition) is 0. The maximum atomic E-state index is 12.2. The Kier molecular flexibility index (Phi) is 12.7. The average molecular weight is 978 g/mol. The molecule has 7 heteroatoms. The Bertz CT molecular complexity index is 3130. The summed E-state index contributed by atoms with van der Waals surface area (Å²) in [6.45, 7) is 15.0. The number of ether oxygens (including phenoxy) is 2. The fraction of sp³-hybridized carbons (Fsp3) is 0.317. The highest BCUT2D eigenvalue weighted by Crippen LogP contribution is 2.55. The van der Waals surface area contributed by atoms with E-state index in [9.17, 15) is 4.79 Å². The van der Waals surface area contributed by atoms with E-state index in [-0.39, 0.29) is 10.8 Å². The van der Waals surface area contributed by atoms with Crippen molar-refractivity contribution in [2.45, 2.75) is 117 Å². The molecule has 0 bridgehead atoms. The van der Waals surface area contributed by atoms with E-state index in [1.165, 1.54) is 143 Å². The van der Waals surface area contributed by atoms with Gasteiger partial charge in [0.2, 0.25) is 0 Å². The molecule has 0 atom stereocenters. The summed E-state index contributed by atoms with van der Waals surface area (Å²) < 4.78 is 12.2. The lowest BCUT2D eigenvalue weighted by Gasteiger charge is -2.30. The summed E-state index contributed by atoms with van der Waals surface area (Å²) >= 11 is 5.29. The fourth-order valence-electron chi connectivity index (χ4n) is 11.5. The number of aldehydes is 1. The Morgan fingerprint density at radius 1 is 0.500 bits per heavy atom. The summed E-state index contributed by atoms with van der Waals surface area (Å²) in [5, 5.41) is 0. The van der Waals surface area contributed by atoms with E-state index in [1.54, 1.807) is 0 Å². The summed E-state index contributed by atoms with van der Waals surface area (Å²) in [7, 11) is 0. The van der Waals surface area contributed by atoms with Crippen molar-refractivity contribution in [1.29, 1.82) is 0 Å². The third-order valence-corrected chi connectivity index (χ3v) is 19.1. The van der Waals surface area contributed by atoms with E-state index in [2.05, 4.69) is 168 Å². The zero-order valence-corrected chi connectivity index (χ0v) is 44.0. The number of aryl methyl sites for hydroxylation is 2. The normalized spacial score (nSPS) is 14.5. The molecule has 3 aromatic heterocycles. The highest BCUT2D eigenvalue weighted by atomic mass is 32.1. The van der Waals surface area contributed by atoms with Gasteiger partial charge in [0, 0.05) is 47.4 Å². The Hall–Kier alpha value is -5.73. The van der Waals surface area contributed by atoms with Crippen molar-refractivity contribution in [2.24, 2.45) is 0 Å². The van der Waals surface area contributed by atoms with Crippen LogP contribution in [0.2, 0.25) is 0 Å². The van der Waals surface area contributed by atoms with Crippen LogP contribution < -0.4 is 14.4 Å². The van der Waals surface area contributed by atoms with Gasteiger partial charge in [-0.3, -0.25) is 4.79 Å². The van der Waals surface area contributed by atoms with Crippen molar-refractivity contribution >= 4 is 57.4 Å². The van der Waals surface area contributed by atoms with E-state index in [0.29, 0.717) is 23.8 Å². The third-order valence-electron chi connectivity index (χ3n) is 15.2. The first-order valence-corrected chi connectivity index (χ1v) is 28.1. The maximum absolute atomic E-state index is 12.2. The van der Waals surface area contributed by atoms with Crippen molar-refractivity contribution in [3.05, 3.63) is 160 Å². The van der Waals surface area contributed by atoms with Crippen LogP contribution in [-0.2, 0) is 23.7 Å². The van der Waals surface area contributed by atoms with Crippen LogP contribution in [-0.4, -0.2) is 19.5 Å². The first-order chi connectivity index (χ1) is 34.1. The van der Waals surface area contributed by atoms with Crippen molar-refractivity contribution in [1.82, 2.24) is 0 Å². The molecule has 8 aromatic rings. The molecule has 0 N–H and O–H groups in total. The average Bonchev–Trinajstić information content (AvgIpc) is 4.19. The Morgan fingerprint density at radius 2 is 0.986 bits per heavy atom. The first-order valence-electron chi connectivity index (χ1n) is 25.6. The van der Waals surface area contributed by atoms with Crippen LogP contribution in [0.3, 0.4) is 0 Å². The number of hydrogen-bond acceptors (Lipinski definition) is 7. The van der Waals surface area contributed by atoms with Crippen LogP contribution >= 0.6 is 34.0 Å². The third kappa shape index (κ3) is 8.16. The molecule has 0 saturated carbocycles. The monoisotopic (exact) mass is 977 g/mol. The summed E-state index contributed by atoms with van der Waals surface area (Å²) in [4.78, 5) is 21.5. The minimum absolute atomic E-state index is 0.119. The van der Waals surface area contributed by atoms with Gasteiger partial charge in [-0.15, -0.1) is 34.0 Å². The van der Waals surface area contributed by atoms with Crippen LogP contribution in [0.1, 0.15) is 136 Å². The highest BCUT2D eigenvalue weighted by molar-refractivity contribution is 7.28. The number of fused-ring (bicyclic) bond motifs is 7. The van der Waals surface area contributed by atoms with Gasteiger partial charge in [-0.05, 0) is 135 Å². The molecule has 11 rings (SSSR count). The summed E-state index contributed by atoms with van der Waals surface area (Å²) in [5.74, 6) is 1.33. The zero-order chi connectivity index (χ0) is 48.1. The molecule has 356 valence electrons. The number of thiophene rings is 3. The van der Waals surface area contributed by atoms with Gasteiger partial charge in [0.15, 0.2) is 17.8 Å². The lowest BCUT2D eigenvalue weighted by atomic mass is 9.82. The quantitative estimate of drug-likeness (QED) is 0.0673. The van der Waals surface area contributed by atoms with Gasteiger partial charge in [-0.1, -0.05) is 153 Å². The van der Waals surface area contributed by atoms with Gasteiger partial charge in [-0.25, -0.2) is 0 Å². The molecule has 2 aliphatic carbocycles. The van der Waals surface area contributed by atoms with Crippen molar-refractivity contribution in [3.8, 4) is 63.7 Å². The Labute approximate surface area is 427 Å². The topological polar surface area (TPSA) is 38.8 Å². The SMILES string of the molecule is CCCCCCc1cc(-c2sc(-c3sc(C=O)c4c3OCCO4)cc2CCCCCC)sc1-c1ccc(N(c2ccc3c(c2)C(C)(C)c2ccccc2-3)c2ccc3c(c2)C(C)(C)c2ccccc2-3)cc1. The van der Waals surface area contributed by atoms with Gasteiger partial charge >= 0.3 is 0 Å². The van der Waals surface area contributed by atoms with Crippen molar-refractivity contribution in [2.75, 3.05) is 18.1 Å². The number of carbonyl (C=O) groups is 1. The lowest BCUT2D eigenvalue weighted by Crippen LogP contribution is -2.18. The van der Waals surface area contributed by atoms with E-state index in [0.717, 1.165) is 46.7 Å². The summed E-state index contributed by atoms with van der Waals surface area (Å²) in [6.07, 6.45) is 12.7. The number of nitrogens with zero attached hydrogens (tertiary/aromatic N) is 1. The van der Waals surface area contributed by atoms with Gasteiger partial charge in [0.05, 0.1) is 4.88 Å². The molecule has 4 nitrogen and oxygen atoms in total. The number of carbonyl (C=O) groups excluding carboxylic acids is 1. The number of anilines is 3. The Morgan fingerprint density at radius 3 is 1.54 bits per heavy atom. The molecule has 0 amide bonds. The van der Waals surface area contributed by atoms with Gasteiger partial charge < -0.3 is 14.4 Å². The molecule has 3 aliphatic rings. The number of rotatable bonds is 17. The predicted molar refractivity (Wildman–Crippen MR) is 298 cm³/mol. The lowest BCUT2D eigenvalue weighted by molar-refractivity contribution is 0.111. The van der Waals surface area contributed by atoms with Gasteiger partial charge in [0.25, 0.3) is 0 Å². The molecule has 0 spiro atoms. The van der Waals surface area contributed by atoms with E-state index in [1.807, 2.05) is 22.7 Å². The molecule has 5 aromatic carbocycles. The smallest absolute Gasteiger partial charge is 0.183 e. The standard InChI is InChI=1S/C63H63NO3S3/c1-7-9-11-13-19-41-35-54(60-42(20-14-12-10-8-2)36-55(69-60)61-58-57(56(39-65)70-61)66-33-34-67-58)68-59(41)40-25-27-43(28-26-40)64(44-29-31-48-46-21-15-17-23-50(46)62(3,4)52(48)37-44)45-30-32-49-47-22-16-18-24-51(47)63(5,6)53(49)38-45/h15-18,21-32,35-39H,7-14,19-20,33-34H2,1-6H3. The number of unbranched alkanes of at least 4 members (excludes halogenated alkanes) is 6. The summed E-state index contributed by atoms with van der Waals surface area (Å²) in [5.41, 5.74) is 18.2. The molecule has 0 fully saturated rings. The molecule has 4 heterocycles. The predicted octanol–water partition coefficient (Wildman–Crippen LogP) is 18.8. The second-order valence-corrected chi connectivity index (χ2v) is 23.7. The first kappa shape index (κ1) is 46.6. The van der Waals surface area contributed by atoms with E-state index in [4.69, 9.17) is 9.47 Å². The molecular weight excluding hydrogens is 915 g/mol. The molecule has 0 radical (unpaired) electrons. The molecule has 0 unspecified atom stereocenters. The van der Waals surface area contributed by atoms with Crippen LogP contribution in [0.15, 0.2) is 121 Å². The Balaban J connectivity index is 1.00. The largest absolute Gasteiger partial charge is 0.485 e. The van der Waals surface area contributed by atoms with E-state index < -0.39 is 0 Å². The second kappa shape index (κ2) is 19.1. The van der Waals surface area contributed by atoms with Crippen LogP contribution in [0.5, 0.6) is 11.5 Å². The second-order valence-electron chi connectivity index (χ2n) is 20.5. The van der Waals surface area contributed by atoms with E-state index >= 15 is 0 Å². The van der Waals surface area contributed by atoms with Crippen LogP contribution in [0.25, 0.3) is 52.2 Å². The zero-order valence-electron chi connectivity index (χ0n) is 41.5. The minimum atomic E-state index is -0.119. The van der Waals surface area contributed by atoms with Crippen molar-refractivity contribution < 1.29 is 14.3 Å². The van der Waals surface area contributed by atoms with Crippen LogP contribution in [0, 0.1) is 0 Å². The number of benzene rings is 5.